The van der Waals surface area contributed by atoms with E-state index in [9.17, 15) is 14.4 Å². The van der Waals surface area contributed by atoms with Crippen LogP contribution in [0, 0.1) is 11.8 Å². The summed E-state index contributed by atoms with van der Waals surface area (Å²) in [6.07, 6.45) is 0.508. The van der Waals surface area contributed by atoms with Crippen molar-refractivity contribution in [2.45, 2.75) is 39.0 Å². The van der Waals surface area contributed by atoms with Gasteiger partial charge in [0.05, 0.1) is 0 Å². The summed E-state index contributed by atoms with van der Waals surface area (Å²) < 4.78 is 5.55. The number of fused-ring (bicyclic) bond motifs is 3. The van der Waals surface area contributed by atoms with Gasteiger partial charge in [-0.3, -0.25) is 9.59 Å². The molecule has 0 spiro atoms. The number of ether oxygens (including phenoxy) is 1. The summed E-state index contributed by atoms with van der Waals surface area (Å²) in [7, 11) is 0. The quantitative estimate of drug-likeness (QED) is 0.475. The van der Waals surface area contributed by atoms with Crippen molar-refractivity contribution in [3.05, 3.63) is 59.7 Å². The molecular weight excluding hydrogens is 420 g/mol. The molecule has 0 aromatic heterocycles. The van der Waals surface area contributed by atoms with Gasteiger partial charge in [0.25, 0.3) is 0 Å². The van der Waals surface area contributed by atoms with Crippen LogP contribution in [-0.2, 0) is 14.3 Å². The molecule has 2 unspecified atom stereocenters. The lowest BCUT2D eigenvalue weighted by molar-refractivity contribution is -0.138. The summed E-state index contributed by atoms with van der Waals surface area (Å²) in [5, 5.41) is 14.4. The fourth-order valence-corrected chi connectivity index (χ4v) is 4.23. The van der Waals surface area contributed by atoms with Crippen molar-refractivity contribution in [2.75, 3.05) is 19.7 Å². The van der Waals surface area contributed by atoms with E-state index in [0.717, 1.165) is 17.5 Å². The van der Waals surface area contributed by atoms with Gasteiger partial charge in [0.2, 0.25) is 5.91 Å². The molecule has 2 amide bonds. The Morgan fingerprint density at radius 1 is 0.939 bits per heavy atom. The van der Waals surface area contributed by atoms with Gasteiger partial charge in [0.1, 0.15) is 6.61 Å². The molecule has 0 fully saturated rings. The molecule has 0 radical (unpaired) electrons. The number of carboxylic acid groups (broad SMARTS) is 1. The van der Waals surface area contributed by atoms with E-state index in [1.54, 1.807) is 6.92 Å². The minimum atomic E-state index is -0.879. The van der Waals surface area contributed by atoms with Gasteiger partial charge < -0.3 is 20.5 Å². The maximum atomic E-state index is 12.4. The van der Waals surface area contributed by atoms with Gasteiger partial charge in [-0.15, -0.1) is 0 Å². The average molecular weight is 453 g/mol. The van der Waals surface area contributed by atoms with Gasteiger partial charge >= 0.3 is 12.1 Å². The highest BCUT2D eigenvalue weighted by Gasteiger charge is 2.29. The first-order valence-corrected chi connectivity index (χ1v) is 11.5. The summed E-state index contributed by atoms with van der Waals surface area (Å²) in [5.41, 5.74) is 4.67. The number of alkyl carbamates (subject to hydrolysis) is 1. The van der Waals surface area contributed by atoms with Gasteiger partial charge in [0, 0.05) is 31.8 Å². The van der Waals surface area contributed by atoms with Crippen LogP contribution in [0.15, 0.2) is 48.5 Å². The average Bonchev–Trinajstić information content (AvgIpc) is 3.12. The lowest BCUT2D eigenvalue weighted by atomic mass is 9.98. The first kappa shape index (κ1) is 24.3. The highest BCUT2D eigenvalue weighted by atomic mass is 16.5. The molecule has 2 aromatic carbocycles. The predicted octanol–water partition coefficient (Wildman–Crippen LogP) is 4.17. The van der Waals surface area contributed by atoms with Crippen LogP contribution in [0.3, 0.4) is 0 Å². The van der Waals surface area contributed by atoms with E-state index >= 15 is 0 Å². The van der Waals surface area contributed by atoms with Crippen LogP contribution in [0.25, 0.3) is 11.1 Å². The van der Waals surface area contributed by atoms with Crippen LogP contribution < -0.4 is 10.6 Å². The van der Waals surface area contributed by atoms with E-state index < -0.39 is 12.1 Å². The number of aliphatic carboxylic acids is 1. The third kappa shape index (κ3) is 6.57. The first-order valence-electron chi connectivity index (χ1n) is 11.5. The second kappa shape index (κ2) is 11.5. The van der Waals surface area contributed by atoms with Crippen LogP contribution in [-0.4, -0.2) is 42.8 Å². The van der Waals surface area contributed by atoms with Gasteiger partial charge in [-0.2, -0.15) is 0 Å². The molecule has 0 heterocycles. The Morgan fingerprint density at radius 2 is 1.55 bits per heavy atom. The van der Waals surface area contributed by atoms with E-state index in [0.29, 0.717) is 13.1 Å². The van der Waals surface area contributed by atoms with E-state index in [1.165, 1.54) is 11.1 Å². The van der Waals surface area contributed by atoms with Crippen LogP contribution in [0.1, 0.15) is 50.2 Å². The molecule has 1 aliphatic carbocycles. The van der Waals surface area contributed by atoms with Crippen molar-refractivity contribution in [2.24, 2.45) is 11.8 Å². The molecule has 0 bridgehead atoms. The Kier molecular flexibility index (Phi) is 8.46. The summed E-state index contributed by atoms with van der Waals surface area (Å²) >= 11 is 0. The van der Waals surface area contributed by atoms with E-state index in [2.05, 4.69) is 34.9 Å². The highest BCUT2D eigenvalue weighted by molar-refractivity contribution is 5.79. The van der Waals surface area contributed by atoms with Gasteiger partial charge in [0.15, 0.2) is 0 Å². The minimum absolute atomic E-state index is 0.00342. The number of hydrogen-bond acceptors (Lipinski definition) is 4. The number of hydrogen-bond donors (Lipinski definition) is 3. The van der Waals surface area contributed by atoms with E-state index in [4.69, 9.17) is 9.84 Å². The van der Waals surface area contributed by atoms with Crippen molar-refractivity contribution >= 4 is 18.0 Å². The molecule has 0 saturated carbocycles. The number of rotatable bonds is 11. The molecule has 7 nitrogen and oxygen atoms in total. The number of carboxylic acids is 1. The molecule has 3 N–H and O–H groups in total. The molecule has 0 aliphatic heterocycles. The monoisotopic (exact) mass is 452 g/mol. The third-order valence-electron chi connectivity index (χ3n) is 6.10. The zero-order valence-corrected chi connectivity index (χ0v) is 19.2. The number of carbonyl (C=O) groups is 3. The third-order valence-corrected chi connectivity index (χ3v) is 6.10. The number of nitrogens with one attached hydrogen (secondary N) is 2. The largest absolute Gasteiger partial charge is 0.481 e. The highest BCUT2D eigenvalue weighted by Crippen LogP contribution is 2.44. The Balaban J connectivity index is 1.45. The fraction of sp³-hybridized carbons (Fsp3) is 0.423. The van der Waals surface area contributed by atoms with E-state index in [-0.39, 0.29) is 43.1 Å². The van der Waals surface area contributed by atoms with E-state index in [1.807, 2.05) is 31.2 Å². The number of benzene rings is 2. The van der Waals surface area contributed by atoms with Crippen molar-refractivity contribution in [1.82, 2.24) is 10.6 Å². The second-order valence-corrected chi connectivity index (χ2v) is 8.69. The van der Waals surface area contributed by atoms with Crippen LogP contribution in [0.5, 0.6) is 0 Å². The normalized spacial score (nSPS) is 14.0. The van der Waals surface area contributed by atoms with Crippen molar-refractivity contribution in [3.8, 4) is 11.1 Å². The van der Waals surface area contributed by atoms with Crippen LogP contribution in [0.4, 0.5) is 4.79 Å². The first-order chi connectivity index (χ1) is 15.9. The lowest BCUT2D eigenvalue weighted by Gasteiger charge is -2.18. The summed E-state index contributed by atoms with van der Waals surface area (Å²) in [5.74, 6) is -1.18. The summed E-state index contributed by atoms with van der Waals surface area (Å²) in [6, 6.07) is 16.3. The zero-order chi connectivity index (χ0) is 23.8. The fourth-order valence-electron chi connectivity index (χ4n) is 4.23. The Morgan fingerprint density at radius 3 is 2.12 bits per heavy atom. The van der Waals surface area contributed by atoms with Crippen molar-refractivity contribution < 1.29 is 24.2 Å². The molecule has 1 aliphatic rings. The topological polar surface area (TPSA) is 105 Å². The maximum Gasteiger partial charge on any atom is 0.407 e. The van der Waals surface area contributed by atoms with Crippen LogP contribution in [0.2, 0.25) is 0 Å². The molecule has 2 atom stereocenters. The van der Waals surface area contributed by atoms with Gasteiger partial charge in [-0.25, -0.2) is 4.79 Å². The van der Waals surface area contributed by atoms with Crippen LogP contribution >= 0.6 is 0 Å². The summed E-state index contributed by atoms with van der Waals surface area (Å²) in [6.45, 7) is 4.65. The number of carbonyl (C=O) groups excluding carboxylic acids is 2. The molecule has 0 saturated heterocycles. The van der Waals surface area contributed by atoms with Gasteiger partial charge in [-0.05, 0) is 34.1 Å². The standard InChI is InChI=1S/C26H32N2O5/c1-3-18(13-24(29)27-14-17(2)12-25(30)31)15-28-26(32)33-16-23-21-10-6-4-8-19(21)20-9-5-7-11-22(20)23/h4-11,17-18,23H,3,12-16H2,1-2H3,(H,27,29)(H,28,32)(H,30,31). The SMILES string of the molecule is CCC(CNC(=O)OCC1c2ccccc2-c2ccccc21)CC(=O)NCC(C)CC(=O)O. The van der Waals surface area contributed by atoms with Crippen molar-refractivity contribution in [1.29, 1.82) is 0 Å². The molecular formula is C26H32N2O5. The number of amides is 2. The Bertz CT molecular complexity index is 945. The second-order valence-electron chi connectivity index (χ2n) is 8.69. The molecule has 7 heteroatoms. The Labute approximate surface area is 194 Å². The predicted molar refractivity (Wildman–Crippen MR) is 126 cm³/mol. The van der Waals surface area contributed by atoms with Gasteiger partial charge in [-0.1, -0.05) is 68.8 Å². The molecule has 3 rings (SSSR count). The zero-order valence-electron chi connectivity index (χ0n) is 19.2. The smallest absolute Gasteiger partial charge is 0.407 e. The summed E-state index contributed by atoms with van der Waals surface area (Å²) in [4.78, 5) is 35.3. The molecule has 33 heavy (non-hydrogen) atoms. The maximum absolute atomic E-state index is 12.4. The lowest BCUT2D eigenvalue weighted by Crippen LogP contribution is -2.35. The minimum Gasteiger partial charge on any atom is -0.481 e. The Hall–Kier alpha value is -3.35. The molecule has 176 valence electrons. The van der Waals surface area contributed by atoms with Crippen molar-refractivity contribution in [3.63, 3.8) is 0 Å². The molecule has 2 aromatic rings.